The Morgan fingerprint density at radius 3 is 2.58 bits per heavy atom. The number of fused-ring (bicyclic) bond motifs is 8. The Hall–Kier alpha value is -1.71. The lowest BCUT2D eigenvalue weighted by Gasteiger charge is -2.35. The first kappa shape index (κ1) is 23.1. The highest BCUT2D eigenvalue weighted by atomic mass is 32.2. The Kier molecular flexibility index (Phi) is 5.94. The van der Waals surface area contributed by atoms with E-state index in [-0.39, 0.29) is 6.17 Å². The van der Waals surface area contributed by atoms with Gasteiger partial charge in [0.05, 0.1) is 0 Å². The maximum atomic E-state index is 4.73. The van der Waals surface area contributed by atoms with Gasteiger partial charge in [-0.25, -0.2) is 4.57 Å². The number of hydrogen-bond acceptors (Lipinski definition) is 8. The topological polar surface area (TPSA) is 58.3 Å². The summed E-state index contributed by atoms with van der Waals surface area (Å²) in [6, 6.07) is 0. The van der Waals surface area contributed by atoms with Crippen LogP contribution >= 0.6 is 34.9 Å². The number of thioether (sulfide) groups is 2. The normalized spacial score (nSPS) is 21.0. The van der Waals surface area contributed by atoms with E-state index in [0.717, 1.165) is 51.8 Å². The molecule has 0 saturated carbocycles. The third kappa shape index (κ3) is 4.06. The number of thiophene rings is 1. The summed E-state index contributed by atoms with van der Waals surface area (Å²) >= 11 is 5.34. The molecule has 0 aromatic carbocycles. The van der Waals surface area contributed by atoms with Gasteiger partial charge in [-0.05, 0) is 50.0 Å². The average molecular weight is 501 g/mol. The average Bonchev–Trinajstić information content (AvgIpc) is 3.43. The Balaban J connectivity index is 1.60. The van der Waals surface area contributed by atoms with E-state index in [9.17, 15) is 0 Å². The van der Waals surface area contributed by atoms with E-state index in [1.54, 1.807) is 23.5 Å². The number of rotatable bonds is 5. The van der Waals surface area contributed by atoms with E-state index in [1.165, 1.54) is 27.4 Å². The van der Waals surface area contributed by atoms with Gasteiger partial charge in [0.15, 0.2) is 16.5 Å². The molecule has 2 aromatic heterocycles. The maximum Gasteiger partial charge on any atom is 0.241 e. The van der Waals surface area contributed by atoms with Gasteiger partial charge in [0.1, 0.15) is 5.00 Å². The molecule has 9 heteroatoms. The molecular weight excluding hydrogens is 469 g/mol. The maximum absolute atomic E-state index is 4.73. The molecular formula is C24H32N6S3. The quantitative estimate of drug-likeness (QED) is 0.392. The lowest BCUT2D eigenvalue weighted by Crippen LogP contribution is -2.38. The van der Waals surface area contributed by atoms with Gasteiger partial charge in [-0.2, -0.15) is 5.10 Å². The molecule has 1 unspecified atom stereocenters. The first-order valence-corrected chi connectivity index (χ1v) is 14.2. The van der Waals surface area contributed by atoms with Crippen LogP contribution in [0.15, 0.2) is 34.6 Å². The SMILES string of the molecule is C=C(C)CSC1=NNC2c3c(sc4c3CC[C@H](C(C)(C)C)C4)-n3c(SCC(=C)C)nnc3N12. The molecule has 0 saturated heterocycles. The molecule has 2 aliphatic heterocycles. The third-order valence-electron chi connectivity index (χ3n) is 6.46. The first-order chi connectivity index (χ1) is 15.6. The second-order valence-corrected chi connectivity index (χ2v) is 13.4. The lowest BCUT2D eigenvalue weighted by molar-refractivity contribution is 0.217. The molecule has 1 aliphatic carbocycles. The second-order valence-electron chi connectivity index (χ2n) is 10.4. The second kappa shape index (κ2) is 8.50. The Bertz CT molecular complexity index is 1150. The number of anilines is 1. The molecule has 1 N–H and O–H groups in total. The van der Waals surface area contributed by atoms with Crippen LogP contribution in [0, 0.1) is 11.3 Å². The van der Waals surface area contributed by atoms with Gasteiger partial charge >= 0.3 is 0 Å². The van der Waals surface area contributed by atoms with E-state index in [0.29, 0.717) is 11.3 Å². The highest BCUT2D eigenvalue weighted by Gasteiger charge is 2.45. The first-order valence-electron chi connectivity index (χ1n) is 11.4. The van der Waals surface area contributed by atoms with Crippen molar-refractivity contribution < 1.29 is 0 Å². The summed E-state index contributed by atoms with van der Waals surface area (Å²) in [6.45, 7) is 19.4. The summed E-state index contributed by atoms with van der Waals surface area (Å²) in [5.41, 5.74) is 8.89. The van der Waals surface area contributed by atoms with Crippen molar-refractivity contribution >= 4 is 46.0 Å². The Morgan fingerprint density at radius 2 is 1.88 bits per heavy atom. The number of amidine groups is 1. The number of aromatic nitrogens is 3. The lowest BCUT2D eigenvalue weighted by atomic mass is 9.72. The molecule has 0 bridgehead atoms. The molecule has 176 valence electrons. The van der Waals surface area contributed by atoms with E-state index >= 15 is 0 Å². The van der Waals surface area contributed by atoms with E-state index in [2.05, 4.69) is 72.9 Å². The minimum atomic E-state index is -0.0190. The molecule has 3 aliphatic rings. The largest absolute Gasteiger partial charge is 0.280 e. The zero-order valence-corrected chi connectivity index (χ0v) is 22.5. The highest BCUT2D eigenvalue weighted by Crippen LogP contribution is 2.51. The van der Waals surface area contributed by atoms with Crippen molar-refractivity contribution in [2.45, 2.75) is 65.2 Å². The van der Waals surface area contributed by atoms with Crippen molar-refractivity contribution in [2.24, 2.45) is 16.4 Å². The fourth-order valence-electron chi connectivity index (χ4n) is 4.68. The molecule has 6 nitrogen and oxygen atoms in total. The summed E-state index contributed by atoms with van der Waals surface area (Å²) in [7, 11) is 0. The van der Waals surface area contributed by atoms with Crippen molar-refractivity contribution in [3.05, 3.63) is 40.3 Å². The Morgan fingerprint density at radius 1 is 1.15 bits per heavy atom. The van der Waals surface area contributed by atoms with Gasteiger partial charge in [0.25, 0.3) is 0 Å². The molecule has 0 radical (unpaired) electrons. The molecule has 5 rings (SSSR count). The van der Waals surface area contributed by atoms with E-state index in [1.807, 2.05) is 11.3 Å². The van der Waals surface area contributed by atoms with Crippen LogP contribution in [0.2, 0.25) is 0 Å². The van der Waals surface area contributed by atoms with Crippen LogP contribution < -0.4 is 10.3 Å². The molecule has 33 heavy (non-hydrogen) atoms. The predicted octanol–water partition coefficient (Wildman–Crippen LogP) is 6.15. The van der Waals surface area contributed by atoms with Crippen LogP contribution in [-0.2, 0) is 12.8 Å². The molecule has 2 aromatic rings. The standard InChI is InChI=1S/C24H32N6S3/c1-13(2)11-31-22-27-25-19-18-16-9-8-15(24(5,6)7)10-17(16)33-20(18)30-21(29(19)22)26-28-23(30)32-12-14(3)4/h15,19,25H,1,3,8-12H2,2,4-7H3/t15-,19?/m0/s1. The van der Waals surface area contributed by atoms with Crippen LogP contribution in [0.1, 0.15) is 63.2 Å². The molecule has 2 atom stereocenters. The summed E-state index contributed by atoms with van der Waals surface area (Å²) in [4.78, 5) is 3.75. The smallest absolute Gasteiger partial charge is 0.241 e. The van der Waals surface area contributed by atoms with Crippen LogP contribution in [0.4, 0.5) is 5.95 Å². The molecule has 0 fully saturated rings. The number of hydrogen-bond donors (Lipinski definition) is 1. The minimum Gasteiger partial charge on any atom is -0.280 e. The zero-order chi connectivity index (χ0) is 23.5. The van der Waals surface area contributed by atoms with Gasteiger partial charge < -0.3 is 0 Å². The third-order valence-corrected chi connectivity index (χ3v) is 10.1. The van der Waals surface area contributed by atoms with Crippen molar-refractivity contribution in [1.82, 2.24) is 20.2 Å². The number of nitrogens with zero attached hydrogens (tertiary/aromatic N) is 5. The van der Waals surface area contributed by atoms with Crippen LogP contribution in [0.5, 0.6) is 0 Å². The van der Waals surface area contributed by atoms with Gasteiger partial charge in [0, 0.05) is 21.9 Å². The number of nitrogens with one attached hydrogen (secondary N) is 1. The molecule has 4 heterocycles. The van der Waals surface area contributed by atoms with Crippen LogP contribution in [-0.4, -0.2) is 31.4 Å². The summed E-state index contributed by atoms with van der Waals surface area (Å²) in [5, 5.41) is 17.1. The summed E-state index contributed by atoms with van der Waals surface area (Å²) in [5.74, 6) is 3.21. The van der Waals surface area contributed by atoms with Crippen LogP contribution in [0.3, 0.4) is 0 Å². The predicted molar refractivity (Wildman–Crippen MR) is 143 cm³/mol. The van der Waals surface area contributed by atoms with E-state index in [4.69, 9.17) is 5.10 Å². The highest BCUT2D eigenvalue weighted by molar-refractivity contribution is 8.14. The fourth-order valence-corrected chi connectivity index (χ4v) is 7.79. The molecule has 0 spiro atoms. The van der Waals surface area contributed by atoms with Crippen molar-refractivity contribution in [3.8, 4) is 5.00 Å². The summed E-state index contributed by atoms with van der Waals surface area (Å²) in [6.07, 6.45) is 3.48. The number of hydrazone groups is 1. The zero-order valence-electron chi connectivity index (χ0n) is 20.1. The van der Waals surface area contributed by atoms with Crippen LogP contribution in [0.25, 0.3) is 5.00 Å². The monoisotopic (exact) mass is 500 g/mol. The molecule has 0 amide bonds. The van der Waals surface area contributed by atoms with Gasteiger partial charge in [0.2, 0.25) is 5.95 Å². The van der Waals surface area contributed by atoms with Crippen molar-refractivity contribution in [1.29, 1.82) is 0 Å². The fraction of sp³-hybridized carbons (Fsp3) is 0.542. The Labute approximate surface area is 209 Å². The van der Waals surface area contributed by atoms with Crippen molar-refractivity contribution in [2.75, 3.05) is 16.4 Å². The van der Waals surface area contributed by atoms with Gasteiger partial charge in [-0.3, -0.25) is 10.3 Å². The summed E-state index contributed by atoms with van der Waals surface area (Å²) < 4.78 is 2.26. The van der Waals surface area contributed by atoms with E-state index < -0.39 is 0 Å². The van der Waals surface area contributed by atoms with Gasteiger partial charge in [-0.1, -0.05) is 68.6 Å². The van der Waals surface area contributed by atoms with Gasteiger partial charge in [-0.15, -0.1) is 21.5 Å². The van der Waals surface area contributed by atoms with Crippen molar-refractivity contribution in [3.63, 3.8) is 0 Å². The minimum absolute atomic E-state index is 0.0190.